The molecule has 3 aromatic rings. The lowest BCUT2D eigenvalue weighted by atomic mass is 10.0. The average molecular weight is 458 g/mol. The Balaban J connectivity index is 1.88. The molecule has 2 N–H and O–H groups in total. The number of carbonyl (C=O) groups excluding carboxylic acids is 1. The topological polar surface area (TPSA) is 91.6 Å². The number of hydrogen-bond donors (Lipinski definition) is 2. The number of phenols is 1. The minimum Gasteiger partial charge on any atom is -0.508 e. The Bertz CT molecular complexity index is 1240. The molecule has 0 fully saturated rings. The van der Waals surface area contributed by atoms with E-state index in [4.69, 9.17) is 9.47 Å². The van der Waals surface area contributed by atoms with E-state index in [-0.39, 0.29) is 23.7 Å². The highest BCUT2D eigenvalue weighted by Crippen LogP contribution is 2.35. The van der Waals surface area contributed by atoms with E-state index in [1.165, 1.54) is 49.6 Å². The molecule has 172 valence electrons. The van der Waals surface area contributed by atoms with Crippen molar-refractivity contribution in [3.8, 4) is 23.3 Å². The summed E-state index contributed by atoms with van der Waals surface area (Å²) in [5, 5.41) is 21.5. The monoisotopic (exact) mass is 458 g/mol. The number of anilines is 1. The number of nitrogens with one attached hydrogen (secondary N) is 1. The summed E-state index contributed by atoms with van der Waals surface area (Å²) < 4.78 is 24.7. The zero-order valence-corrected chi connectivity index (χ0v) is 18.5. The lowest BCUT2D eigenvalue weighted by Gasteiger charge is -2.16. The number of phenolic OH excluding ortho intramolecular Hbond substituents is 1. The summed E-state index contributed by atoms with van der Waals surface area (Å²) in [6, 6.07) is 17.3. The molecule has 0 radical (unpaired) electrons. The zero-order valence-electron chi connectivity index (χ0n) is 18.5. The molecule has 0 saturated heterocycles. The van der Waals surface area contributed by atoms with Crippen molar-refractivity contribution in [3.05, 3.63) is 101 Å². The number of methoxy groups -OCH3 is 1. The molecule has 0 atom stereocenters. The first-order chi connectivity index (χ1) is 16.4. The molecule has 0 saturated carbocycles. The second-order valence-electron chi connectivity index (χ2n) is 7.29. The molecule has 0 aliphatic heterocycles. The van der Waals surface area contributed by atoms with E-state index in [0.29, 0.717) is 29.2 Å². The van der Waals surface area contributed by atoms with Gasteiger partial charge in [0.1, 0.15) is 29.8 Å². The van der Waals surface area contributed by atoms with Crippen LogP contribution in [0.1, 0.15) is 16.7 Å². The van der Waals surface area contributed by atoms with Gasteiger partial charge in [0.15, 0.2) is 11.5 Å². The summed E-state index contributed by atoms with van der Waals surface area (Å²) in [7, 11) is 1.49. The fraction of sp³-hybridized carbons (Fsp3) is 0.111. The summed E-state index contributed by atoms with van der Waals surface area (Å²) in [6.07, 6.45) is 3.61. The molecule has 0 aromatic heterocycles. The number of benzene rings is 3. The lowest BCUT2D eigenvalue weighted by Crippen LogP contribution is -2.13. The van der Waals surface area contributed by atoms with Gasteiger partial charge in [-0.25, -0.2) is 4.39 Å². The second kappa shape index (κ2) is 11.3. The molecule has 3 aromatic carbocycles. The fourth-order valence-electron chi connectivity index (χ4n) is 3.18. The molecular weight excluding hydrogens is 435 g/mol. The average Bonchev–Trinajstić information content (AvgIpc) is 2.84. The van der Waals surface area contributed by atoms with Gasteiger partial charge in [-0.05, 0) is 72.2 Å². The molecule has 7 heteroatoms. The molecule has 0 bridgehead atoms. The molecular formula is C27H23FN2O4. The quantitative estimate of drug-likeness (QED) is 0.194. The summed E-state index contributed by atoms with van der Waals surface area (Å²) in [4.78, 5) is 12.6. The van der Waals surface area contributed by atoms with Gasteiger partial charge in [0, 0.05) is 11.3 Å². The fourth-order valence-corrected chi connectivity index (χ4v) is 3.18. The van der Waals surface area contributed by atoms with E-state index in [2.05, 4.69) is 11.9 Å². The van der Waals surface area contributed by atoms with Crippen molar-refractivity contribution in [2.45, 2.75) is 13.0 Å². The van der Waals surface area contributed by atoms with E-state index < -0.39 is 5.91 Å². The summed E-state index contributed by atoms with van der Waals surface area (Å²) in [5.74, 6) is 0.0686. The van der Waals surface area contributed by atoms with Gasteiger partial charge < -0.3 is 19.9 Å². The maximum atomic E-state index is 13.2. The predicted octanol–water partition coefficient (Wildman–Crippen LogP) is 5.39. The summed E-state index contributed by atoms with van der Waals surface area (Å²) in [5.41, 5.74) is 2.44. The van der Waals surface area contributed by atoms with Gasteiger partial charge in [0.25, 0.3) is 5.91 Å². The number of nitriles is 1. The van der Waals surface area contributed by atoms with Crippen LogP contribution in [-0.4, -0.2) is 18.1 Å². The SMILES string of the molecule is C=CCc1cc(/C=C(\C#N)C(=O)Nc2ccc(O)cc2)cc(OC)c1OCc1ccc(F)cc1. The van der Waals surface area contributed by atoms with Crippen LogP contribution in [0.25, 0.3) is 6.08 Å². The second-order valence-corrected chi connectivity index (χ2v) is 7.29. The number of amides is 1. The van der Waals surface area contributed by atoms with Crippen LogP contribution >= 0.6 is 0 Å². The van der Waals surface area contributed by atoms with E-state index >= 15 is 0 Å². The van der Waals surface area contributed by atoms with Crippen molar-refractivity contribution in [2.24, 2.45) is 0 Å². The number of nitrogens with zero attached hydrogens (tertiary/aromatic N) is 1. The molecule has 0 aliphatic carbocycles. The molecule has 0 aliphatic rings. The van der Waals surface area contributed by atoms with Crippen molar-refractivity contribution in [3.63, 3.8) is 0 Å². The third-order valence-corrected chi connectivity index (χ3v) is 4.84. The third kappa shape index (κ3) is 6.24. The van der Waals surface area contributed by atoms with Gasteiger partial charge in [-0.3, -0.25) is 4.79 Å². The van der Waals surface area contributed by atoms with Crippen molar-refractivity contribution in [1.29, 1.82) is 5.26 Å². The zero-order chi connectivity index (χ0) is 24.5. The number of rotatable bonds is 9. The Morgan fingerprint density at radius 2 is 1.88 bits per heavy atom. The molecule has 6 nitrogen and oxygen atoms in total. The highest BCUT2D eigenvalue weighted by Gasteiger charge is 2.15. The van der Waals surface area contributed by atoms with Gasteiger partial charge >= 0.3 is 0 Å². The standard InChI is InChI=1S/C27H23FN2O4/c1-3-4-20-13-19(14-21(16-29)27(32)30-23-9-11-24(31)12-10-23)15-25(33-2)26(20)34-17-18-5-7-22(28)8-6-18/h3,5-15,31H,1,4,17H2,2H3,(H,30,32)/b21-14+. The first kappa shape index (κ1) is 24.1. The van der Waals surface area contributed by atoms with Crippen LogP contribution in [-0.2, 0) is 17.8 Å². The first-order valence-corrected chi connectivity index (χ1v) is 10.3. The molecule has 1 amide bonds. The van der Waals surface area contributed by atoms with Crippen LogP contribution < -0.4 is 14.8 Å². The minimum atomic E-state index is -0.589. The van der Waals surface area contributed by atoms with Crippen molar-refractivity contribution >= 4 is 17.7 Å². The Kier molecular flexibility index (Phi) is 8.03. The van der Waals surface area contributed by atoms with Crippen LogP contribution in [0.3, 0.4) is 0 Å². The highest BCUT2D eigenvalue weighted by atomic mass is 19.1. The van der Waals surface area contributed by atoms with Gasteiger partial charge in [-0.15, -0.1) is 6.58 Å². The van der Waals surface area contributed by atoms with Gasteiger partial charge in [-0.2, -0.15) is 5.26 Å². The van der Waals surface area contributed by atoms with E-state index in [1.807, 2.05) is 6.07 Å². The van der Waals surface area contributed by atoms with Crippen LogP contribution in [0.15, 0.2) is 78.9 Å². The van der Waals surface area contributed by atoms with E-state index in [0.717, 1.165) is 11.1 Å². The maximum absolute atomic E-state index is 13.2. The molecule has 0 unspecified atom stereocenters. The molecule has 0 heterocycles. The number of carbonyl (C=O) groups is 1. The highest BCUT2D eigenvalue weighted by molar-refractivity contribution is 6.09. The van der Waals surface area contributed by atoms with E-state index in [1.54, 1.807) is 30.3 Å². The Hall–Kier alpha value is -4.57. The predicted molar refractivity (Wildman–Crippen MR) is 128 cm³/mol. The minimum absolute atomic E-state index is 0.0672. The third-order valence-electron chi connectivity index (χ3n) is 4.84. The van der Waals surface area contributed by atoms with Crippen LogP contribution in [0.4, 0.5) is 10.1 Å². The van der Waals surface area contributed by atoms with Crippen molar-refractivity contribution < 1.29 is 23.8 Å². The van der Waals surface area contributed by atoms with Gasteiger partial charge in [-0.1, -0.05) is 18.2 Å². The van der Waals surface area contributed by atoms with Crippen LogP contribution in [0.2, 0.25) is 0 Å². The number of halogens is 1. The molecule has 34 heavy (non-hydrogen) atoms. The van der Waals surface area contributed by atoms with Crippen molar-refractivity contribution in [2.75, 3.05) is 12.4 Å². The molecule has 0 spiro atoms. The normalized spacial score (nSPS) is 10.8. The van der Waals surface area contributed by atoms with Crippen LogP contribution in [0.5, 0.6) is 17.2 Å². The number of allylic oxidation sites excluding steroid dienone is 1. The first-order valence-electron chi connectivity index (χ1n) is 10.3. The summed E-state index contributed by atoms with van der Waals surface area (Å²) in [6.45, 7) is 3.98. The number of hydrogen-bond acceptors (Lipinski definition) is 5. The largest absolute Gasteiger partial charge is 0.508 e. The Morgan fingerprint density at radius 1 is 1.18 bits per heavy atom. The Labute approximate surface area is 197 Å². The lowest BCUT2D eigenvalue weighted by molar-refractivity contribution is -0.112. The van der Waals surface area contributed by atoms with Crippen LogP contribution in [0, 0.1) is 17.1 Å². The Morgan fingerprint density at radius 3 is 2.50 bits per heavy atom. The smallest absolute Gasteiger partial charge is 0.266 e. The number of ether oxygens (including phenoxy) is 2. The van der Waals surface area contributed by atoms with Crippen molar-refractivity contribution in [1.82, 2.24) is 0 Å². The van der Waals surface area contributed by atoms with E-state index in [9.17, 15) is 19.6 Å². The molecule has 3 rings (SSSR count). The number of aromatic hydroxyl groups is 1. The summed E-state index contributed by atoms with van der Waals surface area (Å²) >= 11 is 0. The van der Waals surface area contributed by atoms with Gasteiger partial charge in [0.2, 0.25) is 0 Å². The van der Waals surface area contributed by atoms with Gasteiger partial charge in [0.05, 0.1) is 7.11 Å². The maximum Gasteiger partial charge on any atom is 0.266 e.